The van der Waals surface area contributed by atoms with Gasteiger partial charge in [-0.2, -0.15) is 0 Å². The molecule has 0 saturated heterocycles. The van der Waals surface area contributed by atoms with E-state index in [0.29, 0.717) is 35.2 Å². The first-order valence-electron chi connectivity index (χ1n) is 6.86. The van der Waals surface area contributed by atoms with Crippen LogP contribution in [0.4, 0.5) is 5.69 Å². The number of anilines is 1. The van der Waals surface area contributed by atoms with Crippen molar-refractivity contribution in [2.24, 2.45) is 5.92 Å². The number of carbonyl (C=O) groups excluding carboxylic acids is 1. The molecular formula is C15H18N2O3. The number of carbonyl (C=O) groups is 1. The van der Waals surface area contributed by atoms with Gasteiger partial charge in [0, 0.05) is 18.3 Å². The molecule has 0 bridgehead atoms. The molecule has 2 aliphatic rings. The Morgan fingerprint density at radius 3 is 2.85 bits per heavy atom. The van der Waals surface area contributed by atoms with Gasteiger partial charge in [-0.25, -0.2) is 0 Å². The van der Waals surface area contributed by atoms with Crippen LogP contribution in [-0.4, -0.2) is 19.2 Å². The lowest BCUT2D eigenvalue weighted by Crippen LogP contribution is -2.30. The minimum absolute atomic E-state index is 0.157. The van der Waals surface area contributed by atoms with Crippen molar-refractivity contribution in [3.63, 3.8) is 0 Å². The molecule has 1 aromatic carbocycles. The van der Waals surface area contributed by atoms with Crippen molar-refractivity contribution in [1.82, 2.24) is 5.32 Å². The van der Waals surface area contributed by atoms with Crippen LogP contribution >= 0.6 is 0 Å². The Bertz CT molecular complexity index is 554. The standard InChI is InChI=1S/C15H18N2O3/c16-12-7-14-13(19-9-20-14)6-11(12)15(18)17-8-10-4-2-1-3-5-10/h1-2,6-7,10H,3-5,8-9,16H2,(H,17,18). The Morgan fingerprint density at radius 1 is 1.30 bits per heavy atom. The summed E-state index contributed by atoms with van der Waals surface area (Å²) >= 11 is 0. The number of hydrogen-bond acceptors (Lipinski definition) is 4. The smallest absolute Gasteiger partial charge is 0.253 e. The molecule has 3 rings (SSSR count). The summed E-state index contributed by atoms with van der Waals surface area (Å²) < 4.78 is 10.5. The van der Waals surface area contributed by atoms with Gasteiger partial charge in [0.25, 0.3) is 5.91 Å². The molecule has 0 radical (unpaired) electrons. The van der Waals surface area contributed by atoms with Crippen LogP contribution in [0, 0.1) is 5.92 Å². The van der Waals surface area contributed by atoms with Crippen molar-refractivity contribution >= 4 is 11.6 Å². The van der Waals surface area contributed by atoms with Crippen LogP contribution in [0.5, 0.6) is 11.5 Å². The van der Waals surface area contributed by atoms with Crippen molar-refractivity contribution in [2.45, 2.75) is 19.3 Å². The van der Waals surface area contributed by atoms with E-state index in [4.69, 9.17) is 15.2 Å². The molecule has 0 fully saturated rings. The number of nitrogens with two attached hydrogens (primary N) is 1. The van der Waals surface area contributed by atoms with Gasteiger partial charge in [-0.1, -0.05) is 12.2 Å². The van der Waals surface area contributed by atoms with E-state index in [1.165, 1.54) is 0 Å². The fraction of sp³-hybridized carbons (Fsp3) is 0.400. The van der Waals surface area contributed by atoms with E-state index in [1.807, 2.05) is 0 Å². The highest BCUT2D eigenvalue weighted by atomic mass is 16.7. The number of nitrogen functional groups attached to an aromatic ring is 1. The lowest BCUT2D eigenvalue weighted by molar-refractivity contribution is 0.0946. The average molecular weight is 274 g/mol. The second-order valence-electron chi connectivity index (χ2n) is 5.15. The molecular weight excluding hydrogens is 256 g/mol. The molecule has 20 heavy (non-hydrogen) atoms. The number of hydrogen-bond donors (Lipinski definition) is 2. The van der Waals surface area contributed by atoms with E-state index in [2.05, 4.69) is 17.5 Å². The van der Waals surface area contributed by atoms with Crippen molar-refractivity contribution in [1.29, 1.82) is 0 Å². The molecule has 5 nitrogen and oxygen atoms in total. The summed E-state index contributed by atoms with van der Waals surface area (Å²) in [6.07, 6.45) is 7.60. The first-order chi connectivity index (χ1) is 9.74. The molecule has 5 heteroatoms. The monoisotopic (exact) mass is 274 g/mol. The largest absolute Gasteiger partial charge is 0.454 e. The van der Waals surface area contributed by atoms with Crippen molar-refractivity contribution in [3.05, 3.63) is 29.8 Å². The zero-order chi connectivity index (χ0) is 13.9. The maximum absolute atomic E-state index is 12.2. The Kier molecular flexibility index (Phi) is 3.50. The Hall–Kier alpha value is -2.17. The summed E-state index contributed by atoms with van der Waals surface area (Å²) in [5.74, 6) is 1.52. The molecule has 0 aromatic heterocycles. The summed E-state index contributed by atoms with van der Waals surface area (Å²) in [5.41, 5.74) is 6.75. The second-order valence-corrected chi connectivity index (χ2v) is 5.15. The number of ether oxygens (including phenoxy) is 2. The molecule has 1 heterocycles. The van der Waals surface area contributed by atoms with Crippen LogP contribution in [0.1, 0.15) is 29.6 Å². The van der Waals surface area contributed by atoms with Crippen LogP contribution in [0.15, 0.2) is 24.3 Å². The first-order valence-corrected chi connectivity index (χ1v) is 6.86. The number of amides is 1. The van der Waals surface area contributed by atoms with E-state index in [1.54, 1.807) is 12.1 Å². The number of rotatable bonds is 3. The predicted octanol–water partition coefficient (Wildman–Crippen LogP) is 2.08. The molecule has 1 aliphatic carbocycles. The normalized spacial score (nSPS) is 19.9. The van der Waals surface area contributed by atoms with Crippen molar-refractivity contribution < 1.29 is 14.3 Å². The maximum atomic E-state index is 12.2. The third kappa shape index (κ3) is 2.57. The van der Waals surface area contributed by atoms with Crippen LogP contribution in [-0.2, 0) is 0 Å². The van der Waals surface area contributed by atoms with Gasteiger partial charge in [0.2, 0.25) is 6.79 Å². The molecule has 0 saturated carbocycles. The maximum Gasteiger partial charge on any atom is 0.253 e. The minimum atomic E-state index is -0.157. The lowest BCUT2D eigenvalue weighted by atomic mass is 9.94. The van der Waals surface area contributed by atoms with E-state index in [0.717, 1.165) is 19.3 Å². The topological polar surface area (TPSA) is 73.6 Å². The van der Waals surface area contributed by atoms with Gasteiger partial charge in [0.15, 0.2) is 11.5 Å². The molecule has 3 N–H and O–H groups in total. The Labute approximate surface area is 117 Å². The van der Waals surface area contributed by atoms with Gasteiger partial charge in [-0.05, 0) is 31.2 Å². The molecule has 106 valence electrons. The number of nitrogens with one attached hydrogen (secondary N) is 1. The number of benzene rings is 1. The molecule has 1 aliphatic heterocycles. The predicted molar refractivity (Wildman–Crippen MR) is 75.8 cm³/mol. The third-order valence-electron chi connectivity index (χ3n) is 3.72. The van der Waals surface area contributed by atoms with Crippen LogP contribution in [0.25, 0.3) is 0 Å². The third-order valence-corrected chi connectivity index (χ3v) is 3.72. The molecule has 1 unspecified atom stereocenters. The highest BCUT2D eigenvalue weighted by molar-refractivity contribution is 6.00. The van der Waals surface area contributed by atoms with Gasteiger partial charge in [-0.3, -0.25) is 4.79 Å². The first kappa shape index (κ1) is 12.8. The zero-order valence-corrected chi connectivity index (χ0v) is 11.2. The quantitative estimate of drug-likeness (QED) is 0.654. The van der Waals surface area contributed by atoms with E-state index in [9.17, 15) is 4.79 Å². The highest BCUT2D eigenvalue weighted by Gasteiger charge is 2.20. The summed E-state index contributed by atoms with van der Waals surface area (Å²) in [7, 11) is 0. The van der Waals surface area contributed by atoms with Gasteiger partial charge >= 0.3 is 0 Å². The van der Waals surface area contributed by atoms with Crippen LogP contribution < -0.4 is 20.5 Å². The Morgan fingerprint density at radius 2 is 2.10 bits per heavy atom. The van der Waals surface area contributed by atoms with Gasteiger partial charge in [0.05, 0.1) is 5.56 Å². The average Bonchev–Trinajstić information content (AvgIpc) is 2.92. The van der Waals surface area contributed by atoms with Crippen LogP contribution in [0.2, 0.25) is 0 Å². The van der Waals surface area contributed by atoms with E-state index >= 15 is 0 Å². The zero-order valence-electron chi connectivity index (χ0n) is 11.2. The van der Waals surface area contributed by atoms with Crippen LogP contribution in [0.3, 0.4) is 0 Å². The molecule has 0 spiro atoms. The number of fused-ring (bicyclic) bond motifs is 1. The highest BCUT2D eigenvalue weighted by Crippen LogP contribution is 2.35. The summed E-state index contributed by atoms with van der Waals surface area (Å²) in [6, 6.07) is 3.29. The van der Waals surface area contributed by atoms with Crippen molar-refractivity contribution in [3.8, 4) is 11.5 Å². The summed E-state index contributed by atoms with van der Waals surface area (Å²) in [4.78, 5) is 12.2. The summed E-state index contributed by atoms with van der Waals surface area (Å²) in [5, 5.41) is 2.95. The fourth-order valence-electron chi connectivity index (χ4n) is 2.53. The lowest BCUT2D eigenvalue weighted by Gasteiger charge is -2.18. The van der Waals surface area contributed by atoms with Gasteiger partial charge < -0.3 is 20.5 Å². The van der Waals surface area contributed by atoms with Gasteiger partial charge in [-0.15, -0.1) is 0 Å². The minimum Gasteiger partial charge on any atom is -0.454 e. The number of allylic oxidation sites excluding steroid dienone is 2. The second kappa shape index (κ2) is 5.45. The van der Waals surface area contributed by atoms with E-state index < -0.39 is 0 Å². The summed E-state index contributed by atoms with van der Waals surface area (Å²) in [6.45, 7) is 0.852. The fourth-order valence-corrected chi connectivity index (χ4v) is 2.53. The Balaban J connectivity index is 1.66. The van der Waals surface area contributed by atoms with Crippen molar-refractivity contribution in [2.75, 3.05) is 19.1 Å². The molecule has 1 atom stereocenters. The molecule has 1 aromatic rings. The van der Waals surface area contributed by atoms with E-state index in [-0.39, 0.29) is 12.7 Å². The molecule has 1 amide bonds. The van der Waals surface area contributed by atoms with Gasteiger partial charge in [0.1, 0.15) is 0 Å². The SMILES string of the molecule is Nc1cc2c(cc1C(=O)NCC1CC=CCC1)OCO2.